The fourth-order valence-corrected chi connectivity index (χ4v) is 3.01. The monoisotopic (exact) mass is 292 g/mol. The van der Waals surface area contributed by atoms with E-state index in [4.69, 9.17) is 15.9 Å². The Kier molecular flexibility index (Phi) is 8.79. The van der Waals surface area contributed by atoms with Crippen LogP contribution >= 0.6 is 11.8 Å². The number of thioether (sulfide) groups is 1. The third kappa shape index (κ3) is 8.07. The second-order valence-electron chi connectivity index (χ2n) is 4.70. The summed E-state index contributed by atoms with van der Waals surface area (Å²) in [5, 5.41) is 19.8. The lowest BCUT2D eigenvalue weighted by Gasteiger charge is -2.29. The zero-order valence-electron chi connectivity index (χ0n) is 11.5. The molecule has 5 N–H and O–H groups in total. The predicted molar refractivity (Wildman–Crippen MR) is 76.1 cm³/mol. The second kappa shape index (κ2) is 9.17. The van der Waals surface area contributed by atoms with Gasteiger partial charge in [-0.3, -0.25) is 9.59 Å². The van der Waals surface area contributed by atoms with E-state index in [1.54, 1.807) is 11.8 Å². The first-order valence-corrected chi connectivity index (χ1v) is 7.33. The Hall–Kier alpha value is -0.790. The van der Waals surface area contributed by atoms with Gasteiger partial charge in [-0.1, -0.05) is 20.3 Å². The van der Waals surface area contributed by atoms with Crippen LogP contribution in [0.4, 0.5) is 0 Å². The van der Waals surface area contributed by atoms with Crippen LogP contribution < -0.4 is 11.1 Å². The van der Waals surface area contributed by atoms with Crippen LogP contribution in [0.15, 0.2) is 0 Å². The Bertz CT molecular complexity index is 293. The van der Waals surface area contributed by atoms with Crippen molar-refractivity contribution < 1.29 is 19.8 Å². The van der Waals surface area contributed by atoms with E-state index in [0.29, 0.717) is 12.2 Å². The van der Waals surface area contributed by atoms with Crippen molar-refractivity contribution >= 4 is 23.6 Å². The minimum absolute atomic E-state index is 0.101. The van der Waals surface area contributed by atoms with E-state index in [9.17, 15) is 9.59 Å². The highest BCUT2D eigenvalue weighted by atomic mass is 32.2. The number of amides is 1. The average molecular weight is 292 g/mol. The number of aliphatic hydroxyl groups is 1. The molecule has 0 saturated heterocycles. The number of carboxylic acids is 1. The van der Waals surface area contributed by atoms with Crippen molar-refractivity contribution in [1.29, 1.82) is 0 Å². The van der Waals surface area contributed by atoms with E-state index in [0.717, 1.165) is 12.8 Å². The second-order valence-corrected chi connectivity index (χ2v) is 6.31. The summed E-state index contributed by atoms with van der Waals surface area (Å²) in [5.41, 5.74) is 5.71. The summed E-state index contributed by atoms with van der Waals surface area (Å²) in [6.07, 6.45) is 2.57. The van der Waals surface area contributed by atoms with Crippen molar-refractivity contribution in [3.63, 3.8) is 0 Å². The molecule has 6 nitrogen and oxygen atoms in total. The largest absolute Gasteiger partial charge is 0.480 e. The fourth-order valence-electron chi connectivity index (χ4n) is 1.70. The summed E-state index contributed by atoms with van der Waals surface area (Å²) in [7, 11) is 0. The maximum atomic E-state index is 11.5. The average Bonchev–Trinajstić information content (AvgIpc) is 2.33. The quantitative estimate of drug-likeness (QED) is 0.457. The molecule has 0 rings (SSSR count). The third-order valence-electron chi connectivity index (χ3n) is 2.78. The van der Waals surface area contributed by atoms with Crippen LogP contribution in [0.1, 0.15) is 33.1 Å². The van der Waals surface area contributed by atoms with Crippen molar-refractivity contribution in [2.24, 2.45) is 5.73 Å². The molecule has 0 aromatic rings. The summed E-state index contributed by atoms with van der Waals surface area (Å²) in [6.45, 7) is 3.79. The Labute approximate surface area is 118 Å². The number of rotatable bonds is 10. The number of aliphatic carboxylic acids is 1. The molecule has 0 heterocycles. The Morgan fingerprint density at radius 3 is 2.53 bits per heavy atom. The molecule has 0 aliphatic rings. The van der Waals surface area contributed by atoms with Crippen molar-refractivity contribution in [2.45, 2.75) is 43.9 Å². The molecular formula is C12H24N2O4S. The Balaban J connectivity index is 4.20. The molecule has 1 unspecified atom stereocenters. The van der Waals surface area contributed by atoms with E-state index < -0.39 is 24.5 Å². The summed E-state index contributed by atoms with van der Waals surface area (Å²) >= 11 is 1.55. The molecule has 1 amide bonds. The summed E-state index contributed by atoms with van der Waals surface area (Å²) in [4.78, 5) is 21.8. The molecule has 0 aromatic heterocycles. The lowest BCUT2D eigenvalue weighted by molar-refractivity contribution is -0.138. The van der Waals surface area contributed by atoms with Crippen LogP contribution in [-0.2, 0) is 9.59 Å². The molecule has 0 aliphatic carbocycles. The van der Waals surface area contributed by atoms with Gasteiger partial charge in [0, 0.05) is 17.1 Å². The minimum Gasteiger partial charge on any atom is -0.480 e. The first-order chi connectivity index (χ1) is 8.84. The molecule has 0 saturated carbocycles. The number of carbonyl (C=O) groups is 2. The molecule has 2 atom stereocenters. The molecule has 112 valence electrons. The first-order valence-electron chi connectivity index (χ1n) is 6.34. The van der Waals surface area contributed by atoms with Gasteiger partial charge in [0.15, 0.2) is 0 Å². The maximum absolute atomic E-state index is 11.5. The Morgan fingerprint density at radius 1 is 1.42 bits per heavy atom. The van der Waals surface area contributed by atoms with Gasteiger partial charge in [0.25, 0.3) is 0 Å². The van der Waals surface area contributed by atoms with Gasteiger partial charge in [-0.05, 0) is 12.8 Å². The predicted octanol–water partition coefficient (Wildman–Crippen LogP) is 0.189. The molecule has 0 bridgehead atoms. The maximum Gasteiger partial charge on any atom is 0.322 e. The van der Waals surface area contributed by atoms with E-state index >= 15 is 0 Å². The van der Waals surface area contributed by atoms with Crippen molar-refractivity contribution in [2.75, 3.05) is 18.9 Å². The highest BCUT2D eigenvalue weighted by Crippen LogP contribution is 2.33. The zero-order valence-corrected chi connectivity index (χ0v) is 12.3. The number of nitrogens with one attached hydrogen (secondary N) is 1. The van der Waals surface area contributed by atoms with Crippen molar-refractivity contribution in [3.8, 4) is 0 Å². The van der Waals surface area contributed by atoms with E-state index in [1.807, 2.05) is 6.92 Å². The van der Waals surface area contributed by atoms with Gasteiger partial charge in [-0.15, -0.1) is 0 Å². The van der Waals surface area contributed by atoms with Crippen LogP contribution in [0.5, 0.6) is 0 Å². The van der Waals surface area contributed by atoms with Gasteiger partial charge >= 0.3 is 5.97 Å². The molecule has 0 radical (unpaired) electrons. The highest BCUT2D eigenvalue weighted by Gasteiger charge is 2.25. The van der Waals surface area contributed by atoms with Crippen LogP contribution in [0, 0.1) is 0 Å². The summed E-state index contributed by atoms with van der Waals surface area (Å²) < 4.78 is -0.103. The number of aliphatic hydroxyl groups excluding tert-OH is 1. The van der Waals surface area contributed by atoms with Gasteiger partial charge < -0.3 is 21.3 Å². The van der Waals surface area contributed by atoms with E-state index in [2.05, 4.69) is 12.2 Å². The third-order valence-corrected chi connectivity index (χ3v) is 4.41. The van der Waals surface area contributed by atoms with Crippen LogP contribution in [-0.4, -0.2) is 51.8 Å². The van der Waals surface area contributed by atoms with Gasteiger partial charge in [0.1, 0.15) is 6.54 Å². The van der Waals surface area contributed by atoms with Gasteiger partial charge in [0.05, 0.1) is 6.04 Å². The molecule has 0 aromatic carbocycles. The molecule has 7 heteroatoms. The fraction of sp³-hybridized carbons (Fsp3) is 0.833. The number of carboxylic acid groups (broad SMARTS) is 1. The molecule has 0 spiro atoms. The normalized spacial score (nSPS) is 15.6. The molecule has 0 aliphatic heterocycles. The highest BCUT2D eigenvalue weighted by molar-refractivity contribution is 8.00. The van der Waals surface area contributed by atoms with Crippen LogP contribution in [0.25, 0.3) is 0 Å². The van der Waals surface area contributed by atoms with Crippen LogP contribution in [0.2, 0.25) is 0 Å². The van der Waals surface area contributed by atoms with Gasteiger partial charge in [-0.2, -0.15) is 11.8 Å². The van der Waals surface area contributed by atoms with Crippen molar-refractivity contribution in [1.82, 2.24) is 5.32 Å². The smallest absolute Gasteiger partial charge is 0.322 e. The molecular weight excluding hydrogens is 268 g/mol. The lowest BCUT2D eigenvalue weighted by Crippen LogP contribution is -2.44. The molecule has 0 fully saturated rings. The topological polar surface area (TPSA) is 113 Å². The standard InChI is InChI=1S/C12H24N2O4S/c1-3-4-12(2,5-6-15)19-8-9(13)11(18)14-7-10(16)17/h9,15H,3-8,13H2,1-2H3,(H,14,18)(H,16,17)/t9-,12?/m0/s1. The molecule has 19 heavy (non-hydrogen) atoms. The summed E-state index contributed by atoms with van der Waals surface area (Å²) in [5.74, 6) is -1.15. The number of carbonyl (C=O) groups excluding carboxylic acids is 1. The Morgan fingerprint density at radius 2 is 2.05 bits per heavy atom. The summed E-state index contributed by atoms with van der Waals surface area (Å²) in [6, 6.07) is -0.737. The zero-order chi connectivity index (χ0) is 14.9. The first kappa shape index (κ1) is 18.2. The van der Waals surface area contributed by atoms with Gasteiger partial charge in [-0.25, -0.2) is 0 Å². The minimum atomic E-state index is -1.09. The number of nitrogens with two attached hydrogens (primary N) is 1. The number of hydrogen-bond acceptors (Lipinski definition) is 5. The van der Waals surface area contributed by atoms with Crippen molar-refractivity contribution in [3.05, 3.63) is 0 Å². The lowest BCUT2D eigenvalue weighted by atomic mass is 10.0. The van der Waals surface area contributed by atoms with Gasteiger partial charge in [0.2, 0.25) is 5.91 Å². The van der Waals surface area contributed by atoms with E-state index in [1.165, 1.54) is 0 Å². The van der Waals surface area contributed by atoms with E-state index in [-0.39, 0.29) is 11.4 Å². The number of hydrogen-bond donors (Lipinski definition) is 4. The SMILES string of the molecule is CCCC(C)(CCO)SC[C@H](N)C(=O)NCC(=O)O. The van der Waals surface area contributed by atoms with Crippen LogP contribution in [0.3, 0.4) is 0 Å².